The molecule has 0 unspecified atom stereocenters. The van der Waals surface area contributed by atoms with Crippen molar-refractivity contribution in [1.29, 1.82) is 5.41 Å². The molecule has 0 spiro atoms. The molecule has 3 nitrogen and oxygen atoms in total. The van der Waals surface area contributed by atoms with Crippen LogP contribution in [0.15, 0.2) is 17.1 Å². The zero-order valence-electron chi connectivity index (χ0n) is 8.18. The molecule has 0 radical (unpaired) electrons. The number of nitrogens with one attached hydrogen (secondary N) is 1. The number of nitrogens with zero attached hydrogens (tertiary/aromatic N) is 1. The summed E-state index contributed by atoms with van der Waals surface area (Å²) in [6.07, 6.45) is 3.77. The van der Waals surface area contributed by atoms with Gasteiger partial charge in [-0.3, -0.25) is 5.41 Å². The Bertz CT molecular complexity index is 218. The molecule has 0 aliphatic heterocycles. The zero-order valence-corrected chi connectivity index (χ0v) is 8.18. The van der Waals surface area contributed by atoms with E-state index in [1.165, 1.54) is 0 Å². The third-order valence-corrected chi connectivity index (χ3v) is 1.33. The van der Waals surface area contributed by atoms with E-state index in [9.17, 15) is 0 Å². The molecule has 3 N–H and O–H groups in total. The highest BCUT2D eigenvalue weighted by Gasteiger charge is 2.16. The molecule has 0 aromatic rings. The van der Waals surface area contributed by atoms with Crippen molar-refractivity contribution >= 4 is 11.7 Å². The van der Waals surface area contributed by atoms with E-state index >= 15 is 0 Å². The van der Waals surface area contributed by atoms with E-state index in [1.807, 2.05) is 39.8 Å². The summed E-state index contributed by atoms with van der Waals surface area (Å²) in [5.74, 6) is -0.141. The highest BCUT2D eigenvalue weighted by Crippen LogP contribution is 2.16. The lowest BCUT2D eigenvalue weighted by molar-refractivity contribution is 0.594. The number of allylic oxidation sites excluding steroid dienone is 2. The van der Waals surface area contributed by atoms with Gasteiger partial charge in [-0.05, 0) is 13.0 Å². The van der Waals surface area contributed by atoms with Crippen LogP contribution in [0.25, 0.3) is 0 Å². The van der Waals surface area contributed by atoms with Gasteiger partial charge in [0, 0.05) is 11.1 Å². The van der Waals surface area contributed by atoms with Crippen LogP contribution in [0.3, 0.4) is 0 Å². The van der Waals surface area contributed by atoms with Gasteiger partial charge in [0.2, 0.25) is 5.96 Å². The third kappa shape index (κ3) is 3.91. The number of aliphatic imine (C=N–C) groups is 1. The molecule has 0 saturated carbocycles. The lowest BCUT2D eigenvalue weighted by Crippen LogP contribution is -2.21. The minimum atomic E-state index is -0.141. The van der Waals surface area contributed by atoms with E-state index in [2.05, 4.69) is 4.99 Å². The average molecular weight is 167 g/mol. The molecule has 3 heteroatoms. The normalized spacial score (nSPS) is 13.8. The molecular formula is C9H17N3. The van der Waals surface area contributed by atoms with Gasteiger partial charge in [-0.25, -0.2) is 4.99 Å². The average Bonchev–Trinajstić information content (AvgIpc) is 1.83. The van der Waals surface area contributed by atoms with Gasteiger partial charge in [-0.1, -0.05) is 26.8 Å². The topological polar surface area (TPSA) is 62.2 Å². The molecule has 0 aliphatic rings. The smallest absolute Gasteiger partial charge is 0.212 e. The van der Waals surface area contributed by atoms with Crippen molar-refractivity contribution < 1.29 is 0 Å². The third-order valence-electron chi connectivity index (χ3n) is 1.33. The second-order valence-corrected chi connectivity index (χ2v) is 3.63. The Morgan fingerprint density at radius 1 is 1.42 bits per heavy atom. The summed E-state index contributed by atoms with van der Waals surface area (Å²) >= 11 is 0. The standard InChI is InChI=1S/C9H17N3/c1-5-6-7(9(2,3)4)12-8(10)11/h5-6H,1-4H3,(H3,10,11)/b6-5-,12-7+. The fourth-order valence-electron chi connectivity index (χ4n) is 0.743. The van der Waals surface area contributed by atoms with Crippen LogP contribution in [-0.4, -0.2) is 11.7 Å². The summed E-state index contributed by atoms with van der Waals surface area (Å²) < 4.78 is 0. The Kier molecular flexibility index (Phi) is 3.67. The summed E-state index contributed by atoms with van der Waals surface area (Å²) in [4.78, 5) is 3.93. The van der Waals surface area contributed by atoms with Gasteiger partial charge in [0.15, 0.2) is 0 Å². The molecule has 0 aromatic carbocycles. The van der Waals surface area contributed by atoms with Crippen molar-refractivity contribution in [2.24, 2.45) is 16.1 Å². The molecule has 68 valence electrons. The van der Waals surface area contributed by atoms with E-state index in [-0.39, 0.29) is 11.4 Å². The van der Waals surface area contributed by atoms with Crippen molar-refractivity contribution in [3.63, 3.8) is 0 Å². The summed E-state index contributed by atoms with van der Waals surface area (Å²) in [6, 6.07) is 0. The number of guanidine groups is 1. The summed E-state index contributed by atoms with van der Waals surface area (Å²) in [6.45, 7) is 8.03. The van der Waals surface area contributed by atoms with Crippen molar-refractivity contribution in [1.82, 2.24) is 0 Å². The van der Waals surface area contributed by atoms with Gasteiger partial charge in [0.05, 0.1) is 0 Å². The number of rotatable bonds is 1. The maximum Gasteiger partial charge on any atom is 0.212 e. The van der Waals surface area contributed by atoms with Gasteiger partial charge >= 0.3 is 0 Å². The van der Waals surface area contributed by atoms with Gasteiger partial charge < -0.3 is 5.73 Å². The first-order valence-corrected chi connectivity index (χ1v) is 3.94. The molecule has 12 heavy (non-hydrogen) atoms. The highest BCUT2D eigenvalue weighted by atomic mass is 15.0. The van der Waals surface area contributed by atoms with Crippen molar-refractivity contribution in [3.8, 4) is 0 Å². The number of hydrogen-bond acceptors (Lipinski definition) is 1. The fraction of sp³-hybridized carbons (Fsp3) is 0.556. The van der Waals surface area contributed by atoms with Crippen LogP contribution >= 0.6 is 0 Å². The molecule has 0 heterocycles. The Morgan fingerprint density at radius 2 is 1.92 bits per heavy atom. The minimum Gasteiger partial charge on any atom is -0.368 e. The predicted octanol–water partition coefficient (Wildman–Crippen LogP) is 1.94. The van der Waals surface area contributed by atoms with E-state index in [4.69, 9.17) is 11.1 Å². The molecular weight excluding hydrogens is 150 g/mol. The lowest BCUT2D eigenvalue weighted by Gasteiger charge is -2.18. The van der Waals surface area contributed by atoms with Gasteiger partial charge in [-0.15, -0.1) is 0 Å². The first kappa shape index (κ1) is 10.9. The Balaban J connectivity index is 4.80. The predicted molar refractivity (Wildman–Crippen MR) is 53.6 cm³/mol. The van der Waals surface area contributed by atoms with Crippen molar-refractivity contribution in [3.05, 3.63) is 12.2 Å². The summed E-state index contributed by atoms with van der Waals surface area (Å²) in [5.41, 5.74) is 5.96. The maximum absolute atomic E-state index is 7.04. The van der Waals surface area contributed by atoms with Crippen molar-refractivity contribution in [2.45, 2.75) is 27.7 Å². The Hall–Kier alpha value is -1.12. The van der Waals surface area contributed by atoms with Crippen LogP contribution in [0.1, 0.15) is 27.7 Å². The van der Waals surface area contributed by atoms with E-state index < -0.39 is 0 Å². The molecule has 0 aliphatic carbocycles. The fourth-order valence-corrected chi connectivity index (χ4v) is 0.743. The second-order valence-electron chi connectivity index (χ2n) is 3.63. The minimum absolute atomic E-state index is 0.0574. The molecule has 0 amide bonds. The van der Waals surface area contributed by atoms with E-state index in [0.717, 1.165) is 5.71 Å². The van der Waals surface area contributed by atoms with Crippen LogP contribution in [0.4, 0.5) is 0 Å². The molecule has 0 bridgehead atoms. The SMILES string of the molecule is C/C=C\C(=N/C(=N)N)C(C)(C)C. The molecule has 0 fully saturated rings. The monoisotopic (exact) mass is 167 g/mol. The van der Waals surface area contributed by atoms with Crippen LogP contribution in [-0.2, 0) is 0 Å². The van der Waals surface area contributed by atoms with E-state index in [1.54, 1.807) is 0 Å². The van der Waals surface area contributed by atoms with Gasteiger partial charge in [0.1, 0.15) is 0 Å². The molecule has 0 rings (SSSR count). The number of nitrogens with two attached hydrogens (primary N) is 1. The summed E-state index contributed by atoms with van der Waals surface area (Å²) in [5, 5.41) is 7.04. The maximum atomic E-state index is 7.04. The lowest BCUT2D eigenvalue weighted by atomic mass is 9.89. The van der Waals surface area contributed by atoms with E-state index in [0.29, 0.717) is 0 Å². The van der Waals surface area contributed by atoms with Crippen molar-refractivity contribution in [2.75, 3.05) is 0 Å². The second kappa shape index (κ2) is 4.04. The van der Waals surface area contributed by atoms with Crippen LogP contribution < -0.4 is 5.73 Å². The largest absolute Gasteiger partial charge is 0.368 e. The summed E-state index contributed by atoms with van der Waals surface area (Å²) in [7, 11) is 0. The van der Waals surface area contributed by atoms with Crippen LogP contribution in [0.2, 0.25) is 0 Å². The first-order valence-electron chi connectivity index (χ1n) is 3.94. The van der Waals surface area contributed by atoms with Gasteiger partial charge in [-0.2, -0.15) is 0 Å². The number of hydrogen-bond donors (Lipinski definition) is 2. The highest BCUT2D eigenvalue weighted by molar-refractivity contribution is 6.05. The molecule has 0 saturated heterocycles. The zero-order chi connectivity index (χ0) is 9.78. The van der Waals surface area contributed by atoms with Crippen LogP contribution in [0, 0.1) is 10.8 Å². The van der Waals surface area contributed by atoms with Crippen LogP contribution in [0.5, 0.6) is 0 Å². The molecule has 0 atom stereocenters. The Labute approximate surface area is 73.9 Å². The van der Waals surface area contributed by atoms with Gasteiger partial charge in [0.25, 0.3) is 0 Å². The quantitative estimate of drug-likeness (QED) is 0.455. The Morgan fingerprint density at radius 3 is 2.17 bits per heavy atom. The first-order chi connectivity index (χ1) is 5.38. The molecule has 0 aromatic heterocycles.